The van der Waals surface area contributed by atoms with Crippen molar-refractivity contribution in [3.8, 4) is 0 Å². The highest BCUT2D eigenvalue weighted by Gasteiger charge is 2.09. The van der Waals surface area contributed by atoms with Crippen molar-refractivity contribution in [2.24, 2.45) is 0 Å². The van der Waals surface area contributed by atoms with Gasteiger partial charge in [0, 0.05) is 6.04 Å². The molecule has 1 rings (SSSR count). The van der Waals surface area contributed by atoms with Gasteiger partial charge in [-0.3, -0.25) is 0 Å². The average Bonchev–Trinajstić information content (AvgIpc) is 2.06. The Balaban J connectivity index is 3.04. The average molecular weight is 202 g/mol. The number of rotatable bonds is 2. The Labute approximate surface area is 82.9 Å². The van der Waals surface area contributed by atoms with E-state index in [0.29, 0.717) is 5.69 Å². The van der Waals surface area contributed by atoms with Crippen LogP contribution >= 0.6 is 11.6 Å². The predicted molar refractivity (Wildman–Crippen MR) is 54.9 cm³/mol. The van der Waals surface area contributed by atoms with Crippen LogP contribution in [0.1, 0.15) is 19.4 Å². The molecular formula is C10H13ClFN. The fraction of sp³-hybridized carbons (Fsp3) is 0.400. The van der Waals surface area contributed by atoms with Gasteiger partial charge in [0.1, 0.15) is 0 Å². The molecule has 1 aromatic carbocycles. The van der Waals surface area contributed by atoms with Gasteiger partial charge < -0.3 is 5.32 Å². The summed E-state index contributed by atoms with van der Waals surface area (Å²) in [6, 6.07) is 3.71. The standard InChI is InChI=1S/C10H13ClFN/c1-6(2)13-8-5-4-7(3)9(11)10(8)12/h4-6,13H,1-3H3. The van der Waals surface area contributed by atoms with Gasteiger partial charge in [-0.2, -0.15) is 0 Å². The van der Waals surface area contributed by atoms with Crippen molar-refractivity contribution in [3.63, 3.8) is 0 Å². The Morgan fingerprint density at radius 1 is 1.38 bits per heavy atom. The van der Waals surface area contributed by atoms with Gasteiger partial charge in [0.05, 0.1) is 10.7 Å². The maximum atomic E-state index is 13.4. The zero-order chi connectivity index (χ0) is 10.0. The SMILES string of the molecule is Cc1ccc(NC(C)C)c(F)c1Cl. The lowest BCUT2D eigenvalue weighted by molar-refractivity contribution is 0.627. The van der Waals surface area contributed by atoms with E-state index < -0.39 is 0 Å². The van der Waals surface area contributed by atoms with E-state index in [1.54, 1.807) is 19.1 Å². The molecule has 3 heteroatoms. The van der Waals surface area contributed by atoms with E-state index in [4.69, 9.17) is 11.6 Å². The smallest absolute Gasteiger partial charge is 0.165 e. The maximum absolute atomic E-state index is 13.4. The largest absolute Gasteiger partial charge is 0.380 e. The van der Waals surface area contributed by atoms with Gasteiger partial charge >= 0.3 is 0 Å². The zero-order valence-corrected chi connectivity index (χ0v) is 8.74. The molecule has 0 bridgehead atoms. The van der Waals surface area contributed by atoms with Crippen molar-refractivity contribution in [1.82, 2.24) is 0 Å². The number of halogens is 2. The second-order valence-electron chi connectivity index (χ2n) is 3.36. The Bertz CT molecular complexity index is 310. The third-order valence-corrected chi connectivity index (χ3v) is 2.18. The van der Waals surface area contributed by atoms with Gasteiger partial charge in [-0.1, -0.05) is 17.7 Å². The van der Waals surface area contributed by atoms with E-state index in [1.807, 2.05) is 13.8 Å². The van der Waals surface area contributed by atoms with Crippen LogP contribution in [0.4, 0.5) is 10.1 Å². The molecule has 0 fully saturated rings. The molecule has 0 aliphatic rings. The molecule has 0 saturated carbocycles. The van der Waals surface area contributed by atoms with Crippen LogP contribution in [0.5, 0.6) is 0 Å². The first-order valence-electron chi connectivity index (χ1n) is 4.23. The van der Waals surface area contributed by atoms with Gasteiger partial charge in [-0.05, 0) is 32.4 Å². The lowest BCUT2D eigenvalue weighted by Gasteiger charge is -2.12. The Morgan fingerprint density at radius 2 is 2.00 bits per heavy atom. The van der Waals surface area contributed by atoms with Crippen LogP contribution in [0.2, 0.25) is 5.02 Å². The molecule has 0 aromatic heterocycles. The number of aryl methyl sites for hydroxylation is 1. The molecule has 0 aliphatic carbocycles. The number of nitrogens with one attached hydrogen (secondary N) is 1. The van der Waals surface area contributed by atoms with Gasteiger partial charge in [0.2, 0.25) is 0 Å². The molecule has 1 aromatic rings. The van der Waals surface area contributed by atoms with Crippen molar-refractivity contribution >= 4 is 17.3 Å². The minimum atomic E-state index is -0.365. The minimum Gasteiger partial charge on any atom is -0.380 e. The highest BCUT2D eigenvalue weighted by Crippen LogP contribution is 2.26. The van der Waals surface area contributed by atoms with Crippen molar-refractivity contribution in [3.05, 3.63) is 28.5 Å². The van der Waals surface area contributed by atoms with E-state index in [0.717, 1.165) is 5.56 Å². The Morgan fingerprint density at radius 3 is 2.54 bits per heavy atom. The molecular weight excluding hydrogens is 189 g/mol. The van der Waals surface area contributed by atoms with E-state index in [2.05, 4.69) is 5.32 Å². The van der Waals surface area contributed by atoms with Gasteiger partial charge in [0.15, 0.2) is 5.82 Å². The molecule has 72 valence electrons. The van der Waals surface area contributed by atoms with E-state index >= 15 is 0 Å². The summed E-state index contributed by atoms with van der Waals surface area (Å²) in [4.78, 5) is 0. The summed E-state index contributed by atoms with van der Waals surface area (Å²) >= 11 is 5.75. The fourth-order valence-electron chi connectivity index (χ4n) is 1.07. The first-order chi connectivity index (χ1) is 6.02. The summed E-state index contributed by atoms with van der Waals surface area (Å²) in [7, 11) is 0. The summed E-state index contributed by atoms with van der Waals surface area (Å²) in [5.74, 6) is -0.365. The molecule has 13 heavy (non-hydrogen) atoms. The topological polar surface area (TPSA) is 12.0 Å². The highest BCUT2D eigenvalue weighted by atomic mass is 35.5. The predicted octanol–water partition coefficient (Wildman–Crippen LogP) is 3.61. The maximum Gasteiger partial charge on any atom is 0.165 e. The zero-order valence-electron chi connectivity index (χ0n) is 7.99. The third kappa shape index (κ3) is 2.34. The van der Waals surface area contributed by atoms with Crippen molar-refractivity contribution in [2.75, 3.05) is 5.32 Å². The van der Waals surface area contributed by atoms with Crippen LogP contribution in [0.3, 0.4) is 0 Å². The molecule has 1 N–H and O–H groups in total. The molecule has 0 spiro atoms. The summed E-state index contributed by atoms with van der Waals surface area (Å²) in [6.45, 7) is 5.69. The summed E-state index contributed by atoms with van der Waals surface area (Å²) in [6.07, 6.45) is 0. The van der Waals surface area contributed by atoms with Gasteiger partial charge in [-0.15, -0.1) is 0 Å². The first-order valence-corrected chi connectivity index (χ1v) is 4.61. The number of anilines is 1. The van der Waals surface area contributed by atoms with Gasteiger partial charge in [-0.25, -0.2) is 4.39 Å². The molecule has 0 unspecified atom stereocenters. The second-order valence-corrected chi connectivity index (χ2v) is 3.73. The van der Waals surface area contributed by atoms with Crippen LogP contribution in [0.15, 0.2) is 12.1 Å². The van der Waals surface area contributed by atoms with Crippen LogP contribution in [0, 0.1) is 12.7 Å². The molecule has 0 saturated heterocycles. The first kappa shape index (κ1) is 10.3. The van der Waals surface area contributed by atoms with Crippen molar-refractivity contribution in [1.29, 1.82) is 0 Å². The lowest BCUT2D eigenvalue weighted by atomic mass is 10.2. The minimum absolute atomic E-state index is 0.200. The van der Waals surface area contributed by atoms with Crippen LogP contribution in [0.25, 0.3) is 0 Å². The van der Waals surface area contributed by atoms with Crippen molar-refractivity contribution in [2.45, 2.75) is 26.8 Å². The second kappa shape index (κ2) is 3.97. The quantitative estimate of drug-likeness (QED) is 0.771. The van der Waals surface area contributed by atoms with E-state index in [-0.39, 0.29) is 16.9 Å². The molecule has 1 nitrogen and oxygen atoms in total. The van der Waals surface area contributed by atoms with Crippen LogP contribution in [-0.2, 0) is 0 Å². The summed E-state index contributed by atoms with van der Waals surface area (Å²) < 4.78 is 13.4. The normalized spacial score (nSPS) is 10.6. The Hall–Kier alpha value is -0.760. The summed E-state index contributed by atoms with van der Waals surface area (Å²) in [5.41, 5.74) is 1.22. The van der Waals surface area contributed by atoms with Crippen molar-refractivity contribution < 1.29 is 4.39 Å². The molecule has 0 radical (unpaired) electrons. The van der Waals surface area contributed by atoms with E-state index in [9.17, 15) is 4.39 Å². The highest BCUT2D eigenvalue weighted by molar-refractivity contribution is 6.31. The number of hydrogen-bond acceptors (Lipinski definition) is 1. The molecule has 0 amide bonds. The number of benzene rings is 1. The Kier molecular flexibility index (Phi) is 3.15. The monoisotopic (exact) mass is 201 g/mol. The van der Waals surface area contributed by atoms with Gasteiger partial charge in [0.25, 0.3) is 0 Å². The van der Waals surface area contributed by atoms with E-state index in [1.165, 1.54) is 0 Å². The van der Waals surface area contributed by atoms with Crippen LogP contribution in [-0.4, -0.2) is 6.04 Å². The summed E-state index contributed by atoms with van der Waals surface area (Å²) in [5, 5.41) is 3.18. The van der Waals surface area contributed by atoms with Crippen LogP contribution < -0.4 is 5.32 Å². The lowest BCUT2D eigenvalue weighted by Crippen LogP contribution is -2.11. The fourth-order valence-corrected chi connectivity index (χ4v) is 1.23. The third-order valence-electron chi connectivity index (χ3n) is 1.72. The molecule has 0 atom stereocenters. The number of hydrogen-bond donors (Lipinski definition) is 1. The molecule has 0 aliphatic heterocycles. The molecule has 0 heterocycles.